The van der Waals surface area contributed by atoms with Crippen molar-refractivity contribution < 1.29 is 17.6 Å². The Hall–Kier alpha value is -3.74. The van der Waals surface area contributed by atoms with Gasteiger partial charge in [0.2, 0.25) is 0 Å². The molecule has 0 aliphatic heterocycles. The van der Waals surface area contributed by atoms with Gasteiger partial charge >= 0.3 is 0 Å². The predicted octanol–water partition coefficient (Wildman–Crippen LogP) is 4.26. The molecule has 3 heterocycles. The Kier molecular flexibility index (Phi) is 6.87. The molecule has 1 fully saturated rings. The van der Waals surface area contributed by atoms with Gasteiger partial charge in [0.1, 0.15) is 17.8 Å². The molecular formula is C28H27ClFN7O3S. The number of aromatic nitrogens is 6. The van der Waals surface area contributed by atoms with Crippen LogP contribution >= 0.6 is 11.6 Å². The van der Waals surface area contributed by atoms with Gasteiger partial charge in [0.05, 0.1) is 23.0 Å². The van der Waals surface area contributed by atoms with Crippen molar-refractivity contribution in [3.8, 4) is 5.69 Å². The summed E-state index contributed by atoms with van der Waals surface area (Å²) in [5.74, 6) is -0.568. The minimum absolute atomic E-state index is 0.192. The molecule has 2 aliphatic carbocycles. The molecule has 1 aromatic carbocycles. The van der Waals surface area contributed by atoms with Crippen LogP contribution in [0.15, 0.2) is 65.8 Å². The van der Waals surface area contributed by atoms with Gasteiger partial charge in [-0.25, -0.2) is 22.5 Å². The summed E-state index contributed by atoms with van der Waals surface area (Å²) in [7, 11) is -2.40. The smallest absolute Gasteiger partial charge is 0.282 e. The molecule has 6 rings (SSSR count). The highest BCUT2D eigenvalue weighted by Crippen LogP contribution is 2.51. The number of fused-ring (bicyclic) bond motifs is 2. The number of rotatable bonds is 7. The van der Waals surface area contributed by atoms with Crippen LogP contribution in [0.2, 0.25) is 5.02 Å². The summed E-state index contributed by atoms with van der Waals surface area (Å²) in [4.78, 5) is 22.7. The number of carbonyl (C=O) groups excluding carboxylic acids is 1. The van der Waals surface area contributed by atoms with Crippen LogP contribution in [-0.2, 0) is 23.5 Å². The Labute approximate surface area is 241 Å². The molecule has 41 heavy (non-hydrogen) atoms. The van der Waals surface area contributed by atoms with E-state index in [9.17, 15) is 17.6 Å². The zero-order valence-electron chi connectivity index (χ0n) is 22.4. The Bertz CT molecular complexity index is 1780. The fraction of sp³-hybridized carbons (Fsp3) is 0.321. The van der Waals surface area contributed by atoms with Crippen LogP contribution in [0.1, 0.15) is 47.9 Å². The molecule has 0 spiro atoms. The average Bonchev–Trinajstić information content (AvgIpc) is 3.58. The van der Waals surface area contributed by atoms with E-state index in [0.29, 0.717) is 30.0 Å². The summed E-state index contributed by atoms with van der Waals surface area (Å²) in [6, 6.07) is 8.71. The lowest BCUT2D eigenvalue weighted by Crippen LogP contribution is -2.50. The summed E-state index contributed by atoms with van der Waals surface area (Å²) in [5.41, 5.74) is 2.36. The minimum Gasteiger partial charge on any atom is -0.291 e. The van der Waals surface area contributed by atoms with Gasteiger partial charge in [-0.05, 0) is 73.7 Å². The highest BCUT2D eigenvalue weighted by molar-refractivity contribution is 7.89. The van der Waals surface area contributed by atoms with Crippen molar-refractivity contribution in [1.82, 2.24) is 33.8 Å². The van der Waals surface area contributed by atoms with Crippen LogP contribution in [0.4, 0.5) is 4.39 Å². The molecule has 212 valence electrons. The lowest BCUT2D eigenvalue weighted by atomic mass is 9.60. The topological polar surface area (TPSA) is 116 Å². The molecule has 0 unspecified atom stereocenters. The second-order valence-electron chi connectivity index (χ2n) is 10.4. The van der Waals surface area contributed by atoms with Crippen LogP contribution in [0.5, 0.6) is 0 Å². The van der Waals surface area contributed by atoms with Gasteiger partial charge in [-0.2, -0.15) is 9.40 Å². The quantitative estimate of drug-likeness (QED) is 0.293. The number of halogens is 2. The number of aryl methyl sites for hydroxylation is 1. The average molecular weight is 596 g/mol. The number of hydrogen-bond acceptors (Lipinski definition) is 7. The fourth-order valence-corrected chi connectivity index (χ4v) is 7.75. The van der Waals surface area contributed by atoms with Gasteiger partial charge in [0.25, 0.3) is 15.2 Å². The second kappa shape index (κ2) is 10.3. The van der Waals surface area contributed by atoms with Crippen molar-refractivity contribution in [2.45, 2.75) is 43.8 Å². The SMILES string of the molecule is CCN([C@H]1CCC2=Cc3c(cnn3-c3ccc(F)cc3)C[C@]2(C(=O)c2cc(Cl)ccn2)C1)S(=O)(=O)c1ncn(C)n1. The first-order valence-electron chi connectivity index (χ1n) is 13.2. The summed E-state index contributed by atoms with van der Waals surface area (Å²) in [6.45, 7) is 1.96. The first kappa shape index (κ1) is 27.4. The minimum atomic E-state index is -4.01. The molecule has 4 aromatic rings. The fourth-order valence-electron chi connectivity index (χ4n) is 6.06. The summed E-state index contributed by atoms with van der Waals surface area (Å²) < 4.78 is 45.3. The number of allylic oxidation sites excluding steroid dienone is 1. The third-order valence-corrected chi connectivity index (χ3v) is 9.99. The number of nitrogens with zero attached hydrogens (tertiary/aromatic N) is 7. The number of carbonyl (C=O) groups is 1. The lowest BCUT2D eigenvalue weighted by Gasteiger charge is -2.46. The molecule has 3 aromatic heterocycles. The molecule has 0 amide bonds. The zero-order chi connectivity index (χ0) is 28.9. The number of Topliss-reactive ketones (excluding diaryl/α,β-unsaturated/α-hetero) is 1. The number of benzene rings is 1. The highest BCUT2D eigenvalue weighted by Gasteiger charge is 2.51. The molecule has 0 saturated heterocycles. The summed E-state index contributed by atoms with van der Waals surface area (Å²) in [5, 5.41) is 8.72. The van der Waals surface area contributed by atoms with Gasteiger partial charge in [0, 0.05) is 30.9 Å². The Balaban J connectivity index is 1.44. The van der Waals surface area contributed by atoms with E-state index < -0.39 is 21.5 Å². The third kappa shape index (κ3) is 4.69. The van der Waals surface area contributed by atoms with E-state index >= 15 is 0 Å². The van der Waals surface area contributed by atoms with E-state index in [1.165, 1.54) is 33.6 Å². The molecule has 0 N–H and O–H groups in total. The molecule has 0 bridgehead atoms. The number of ketones is 1. The van der Waals surface area contributed by atoms with Gasteiger partial charge in [-0.1, -0.05) is 24.1 Å². The van der Waals surface area contributed by atoms with Crippen molar-refractivity contribution in [3.63, 3.8) is 0 Å². The maximum Gasteiger partial charge on any atom is 0.282 e. The van der Waals surface area contributed by atoms with E-state index in [1.54, 1.807) is 49.1 Å². The van der Waals surface area contributed by atoms with Crippen molar-refractivity contribution in [2.24, 2.45) is 12.5 Å². The van der Waals surface area contributed by atoms with Crippen molar-refractivity contribution in [1.29, 1.82) is 0 Å². The lowest BCUT2D eigenvalue weighted by molar-refractivity contribution is 0.0739. The number of hydrogen-bond donors (Lipinski definition) is 0. The largest absolute Gasteiger partial charge is 0.291 e. The monoisotopic (exact) mass is 595 g/mol. The highest BCUT2D eigenvalue weighted by atomic mass is 35.5. The predicted molar refractivity (Wildman–Crippen MR) is 149 cm³/mol. The third-order valence-electron chi connectivity index (χ3n) is 7.93. The van der Waals surface area contributed by atoms with E-state index in [2.05, 4.69) is 20.2 Å². The van der Waals surface area contributed by atoms with Crippen LogP contribution in [-0.4, -0.2) is 60.6 Å². The molecule has 0 radical (unpaired) electrons. The molecule has 13 heteroatoms. The van der Waals surface area contributed by atoms with Crippen LogP contribution in [0, 0.1) is 11.2 Å². The summed E-state index contributed by atoms with van der Waals surface area (Å²) in [6.07, 6.45) is 8.05. The van der Waals surface area contributed by atoms with Crippen molar-refractivity contribution in [3.05, 3.63) is 88.5 Å². The molecular weight excluding hydrogens is 569 g/mol. The first-order valence-corrected chi connectivity index (χ1v) is 15.0. The standard InChI is InChI=1S/C28H27ClFN7O3S/c1-3-36(41(39,40)27-32-17-35(2)34-27)23-7-4-19-12-25-18(16-33-37(25)22-8-5-21(30)6-9-22)14-28(19,15-23)26(38)24-13-20(29)10-11-31-24/h5-6,8-13,16-17,23H,3-4,7,14-15H2,1-2H3/t23-,28-/m0/s1. The first-order chi connectivity index (χ1) is 19.6. The van der Waals surface area contributed by atoms with Gasteiger partial charge in [0.15, 0.2) is 5.78 Å². The van der Waals surface area contributed by atoms with E-state index in [1.807, 2.05) is 6.08 Å². The Morgan fingerprint density at radius 2 is 2.00 bits per heavy atom. The van der Waals surface area contributed by atoms with Crippen molar-refractivity contribution in [2.75, 3.05) is 6.54 Å². The maximum atomic E-state index is 14.4. The Morgan fingerprint density at radius 1 is 1.22 bits per heavy atom. The van der Waals surface area contributed by atoms with Crippen LogP contribution in [0.3, 0.4) is 0 Å². The zero-order valence-corrected chi connectivity index (χ0v) is 24.0. The summed E-state index contributed by atoms with van der Waals surface area (Å²) >= 11 is 6.24. The van der Waals surface area contributed by atoms with Gasteiger partial charge in [-0.15, -0.1) is 5.10 Å². The van der Waals surface area contributed by atoms with Crippen LogP contribution < -0.4 is 0 Å². The Morgan fingerprint density at radius 3 is 2.68 bits per heavy atom. The number of sulfonamides is 1. The molecule has 2 atom stereocenters. The van der Waals surface area contributed by atoms with Crippen molar-refractivity contribution >= 4 is 33.5 Å². The van der Waals surface area contributed by atoms with E-state index in [4.69, 9.17) is 11.6 Å². The maximum absolute atomic E-state index is 14.4. The van der Waals surface area contributed by atoms with Gasteiger partial charge in [-0.3, -0.25) is 14.5 Å². The van der Waals surface area contributed by atoms with E-state index in [-0.39, 0.29) is 35.4 Å². The van der Waals surface area contributed by atoms with E-state index in [0.717, 1.165) is 16.8 Å². The molecule has 2 aliphatic rings. The van der Waals surface area contributed by atoms with Crippen LogP contribution in [0.25, 0.3) is 11.8 Å². The number of pyridine rings is 1. The normalized spacial score (nSPS) is 20.4. The second-order valence-corrected chi connectivity index (χ2v) is 12.6. The molecule has 10 nitrogen and oxygen atoms in total. The molecule has 1 saturated carbocycles. The van der Waals surface area contributed by atoms with Gasteiger partial charge < -0.3 is 0 Å².